The summed E-state index contributed by atoms with van der Waals surface area (Å²) in [5.41, 5.74) is 4.70. The van der Waals surface area contributed by atoms with Crippen molar-refractivity contribution in [3.05, 3.63) is 156 Å². The predicted molar refractivity (Wildman–Crippen MR) is 187 cm³/mol. The monoisotopic (exact) mass is 788 g/mol. The van der Waals surface area contributed by atoms with Crippen LogP contribution in [0.3, 0.4) is 0 Å². The molecular formula is C34H22Br2N4O7S. The Balaban J connectivity index is 1.34. The van der Waals surface area contributed by atoms with E-state index in [9.17, 15) is 25.0 Å². The molecule has 2 heterocycles. The predicted octanol–water partition coefficient (Wildman–Crippen LogP) is 7.46. The Kier molecular flexibility index (Phi) is 8.31. The van der Waals surface area contributed by atoms with Gasteiger partial charge in [0.25, 0.3) is 11.2 Å². The summed E-state index contributed by atoms with van der Waals surface area (Å²) < 4.78 is 15.0. The first-order valence-electron chi connectivity index (χ1n) is 14.5. The fraction of sp³-hybridized carbons (Fsp3) is 0.118. The second kappa shape index (κ2) is 12.6. The zero-order chi connectivity index (χ0) is 33.7. The Morgan fingerprint density at radius 1 is 0.958 bits per heavy atom. The number of benzene rings is 4. The molecule has 1 aromatic heterocycles. The van der Waals surface area contributed by atoms with Crippen LogP contribution in [0.5, 0.6) is 17.2 Å². The van der Waals surface area contributed by atoms with Crippen molar-refractivity contribution in [1.82, 2.24) is 4.57 Å². The number of non-ortho nitro benzene ring substituents is 1. The van der Waals surface area contributed by atoms with E-state index in [4.69, 9.17) is 14.5 Å². The van der Waals surface area contributed by atoms with Crippen LogP contribution >= 0.6 is 43.2 Å². The topological polar surface area (TPSA) is 139 Å². The molecule has 0 spiro atoms. The highest BCUT2D eigenvalue weighted by atomic mass is 79.9. The normalized spacial score (nSPS) is 15.2. The number of aryl methyl sites for hydroxylation is 1. The number of rotatable bonds is 7. The first kappa shape index (κ1) is 31.7. The third-order valence-corrected chi connectivity index (χ3v) is 10.3. The lowest BCUT2D eigenvalue weighted by molar-refractivity contribution is -0.394. The van der Waals surface area contributed by atoms with Gasteiger partial charge in [0.2, 0.25) is 5.75 Å². The van der Waals surface area contributed by atoms with Crippen LogP contribution in [0.4, 0.5) is 11.4 Å². The molecule has 0 saturated carbocycles. The molecule has 4 aromatic carbocycles. The molecule has 48 heavy (non-hydrogen) atoms. The molecule has 0 N–H and O–H groups in total. The van der Waals surface area contributed by atoms with Gasteiger partial charge in [0.1, 0.15) is 0 Å². The molecule has 0 radical (unpaired) electrons. The van der Waals surface area contributed by atoms with Gasteiger partial charge in [0.15, 0.2) is 16.3 Å². The second-order valence-corrected chi connectivity index (χ2v) is 13.7. The van der Waals surface area contributed by atoms with Gasteiger partial charge in [0.05, 0.1) is 43.8 Å². The van der Waals surface area contributed by atoms with E-state index in [1.807, 2.05) is 36.4 Å². The van der Waals surface area contributed by atoms with Gasteiger partial charge in [-0.05, 0) is 87.4 Å². The average Bonchev–Trinajstić information content (AvgIpc) is 3.38. The van der Waals surface area contributed by atoms with Gasteiger partial charge in [-0.1, -0.05) is 63.7 Å². The van der Waals surface area contributed by atoms with Gasteiger partial charge in [-0.25, -0.2) is 4.99 Å². The van der Waals surface area contributed by atoms with Gasteiger partial charge < -0.3 is 9.47 Å². The number of fused-ring (bicyclic) bond motifs is 3. The van der Waals surface area contributed by atoms with Crippen molar-refractivity contribution in [1.29, 1.82) is 0 Å². The third-order valence-electron chi connectivity index (χ3n) is 8.17. The van der Waals surface area contributed by atoms with Crippen LogP contribution in [-0.2, 0) is 6.42 Å². The molecule has 2 aliphatic rings. The number of nitro benzene ring substituents is 2. The van der Waals surface area contributed by atoms with E-state index in [1.54, 1.807) is 22.8 Å². The molecule has 0 saturated heterocycles. The third kappa shape index (κ3) is 5.65. The second-order valence-electron chi connectivity index (χ2n) is 11.0. The number of nitro groups is 2. The van der Waals surface area contributed by atoms with E-state index >= 15 is 0 Å². The van der Waals surface area contributed by atoms with Crippen molar-refractivity contribution in [2.45, 2.75) is 18.9 Å². The first-order chi connectivity index (χ1) is 23.1. The molecule has 0 amide bonds. The molecule has 1 atom stereocenters. The fourth-order valence-corrected chi connectivity index (χ4v) is 7.81. The molecule has 7 rings (SSSR count). The molecule has 0 unspecified atom stereocenters. The Labute approximate surface area is 292 Å². The van der Waals surface area contributed by atoms with E-state index in [2.05, 4.69) is 44.0 Å². The van der Waals surface area contributed by atoms with Gasteiger partial charge in [-0.2, -0.15) is 0 Å². The van der Waals surface area contributed by atoms with Crippen molar-refractivity contribution in [3.63, 3.8) is 0 Å². The van der Waals surface area contributed by atoms with Crippen molar-refractivity contribution in [2.75, 3.05) is 7.11 Å². The highest BCUT2D eigenvalue weighted by molar-refractivity contribution is 9.10. The zero-order valence-corrected chi connectivity index (χ0v) is 28.9. The quantitative estimate of drug-likeness (QED) is 0.123. The number of aromatic nitrogens is 1. The summed E-state index contributed by atoms with van der Waals surface area (Å²) in [6, 6.07) is 22.4. The van der Waals surface area contributed by atoms with E-state index in [0.717, 1.165) is 57.9 Å². The van der Waals surface area contributed by atoms with Crippen LogP contribution in [0.25, 0.3) is 11.8 Å². The smallest absolute Gasteiger partial charge is 0.318 e. The molecule has 11 nitrogen and oxygen atoms in total. The number of nitrogens with zero attached hydrogens (tertiary/aromatic N) is 4. The lowest BCUT2D eigenvalue weighted by Crippen LogP contribution is -2.38. The average molecular weight is 790 g/mol. The molecule has 1 aliphatic carbocycles. The van der Waals surface area contributed by atoms with Crippen molar-refractivity contribution in [3.8, 4) is 17.2 Å². The zero-order valence-electron chi connectivity index (χ0n) is 24.9. The fourth-order valence-electron chi connectivity index (χ4n) is 6.00. The minimum Gasteiger partial charge on any atom is -0.493 e. The largest absolute Gasteiger partial charge is 0.493 e. The minimum atomic E-state index is -0.755. The number of hydrogen-bond donors (Lipinski definition) is 0. The molecule has 14 heteroatoms. The number of hydrogen-bond acceptors (Lipinski definition) is 9. The van der Waals surface area contributed by atoms with E-state index in [0.29, 0.717) is 19.4 Å². The van der Waals surface area contributed by atoms with E-state index in [-0.39, 0.29) is 28.8 Å². The van der Waals surface area contributed by atoms with Gasteiger partial charge in [-0.15, -0.1) is 0 Å². The minimum absolute atomic E-state index is 0.120. The van der Waals surface area contributed by atoms with Crippen LogP contribution in [0.2, 0.25) is 0 Å². The Bertz CT molecular complexity index is 2390. The van der Waals surface area contributed by atoms with E-state index < -0.39 is 21.2 Å². The van der Waals surface area contributed by atoms with Crippen LogP contribution < -0.4 is 24.4 Å². The van der Waals surface area contributed by atoms with Crippen molar-refractivity contribution in [2.24, 2.45) is 4.99 Å². The Morgan fingerprint density at radius 2 is 1.73 bits per heavy atom. The standard InChI is InChI=1S/C34H22Br2N4O7S/c1-46-28-15-18(14-25(36)32(28)47-27-13-11-22(39(42)43)17-26(27)40(44)45)16-29-33(41)38-31(20-6-9-21(35)10-7-20)24-12-8-19-4-2-3-5-23(19)30(24)37-34(38)48-29/h2-7,9-11,13-17,31H,8,12H2,1H3/b29-16+/t31-/m1/s1. The summed E-state index contributed by atoms with van der Waals surface area (Å²) in [7, 11) is 1.41. The summed E-state index contributed by atoms with van der Waals surface area (Å²) >= 11 is 8.29. The van der Waals surface area contributed by atoms with Gasteiger partial charge in [-0.3, -0.25) is 29.6 Å². The highest BCUT2D eigenvalue weighted by Gasteiger charge is 2.32. The summed E-state index contributed by atoms with van der Waals surface area (Å²) in [4.78, 5) is 41.2. The molecule has 240 valence electrons. The Hall–Kier alpha value is -4.92. The summed E-state index contributed by atoms with van der Waals surface area (Å²) in [5.74, 6) is 0.134. The van der Waals surface area contributed by atoms with Gasteiger partial charge >= 0.3 is 5.69 Å². The molecule has 5 aromatic rings. The number of methoxy groups -OCH3 is 1. The van der Waals surface area contributed by atoms with Gasteiger partial charge in [0, 0.05) is 16.1 Å². The Morgan fingerprint density at radius 3 is 2.46 bits per heavy atom. The van der Waals surface area contributed by atoms with Crippen LogP contribution in [-0.4, -0.2) is 21.5 Å². The van der Waals surface area contributed by atoms with Crippen LogP contribution in [0.15, 0.2) is 103 Å². The first-order valence-corrected chi connectivity index (χ1v) is 16.9. The lowest BCUT2D eigenvalue weighted by Gasteiger charge is -2.30. The maximum atomic E-state index is 14.2. The maximum Gasteiger partial charge on any atom is 0.318 e. The molecule has 0 fully saturated rings. The van der Waals surface area contributed by atoms with Crippen molar-refractivity contribution >= 4 is 66.3 Å². The summed E-state index contributed by atoms with van der Waals surface area (Å²) in [6.45, 7) is 0. The highest BCUT2D eigenvalue weighted by Crippen LogP contribution is 2.44. The number of halogens is 2. The van der Waals surface area contributed by atoms with E-state index in [1.165, 1.54) is 24.0 Å². The number of thiazole rings is 1. The van der Waals surface area contributed by atoms with Crippen LogP contribution in [0, 0.1) is 20.2 Å². The number of ether oxygens (including phenoxy) is 2. The van der Waals surface area contributed by atoms with Crippen LogP contribution in [0.1, 0.15) is 34.7 Å². The lowest BCUT2D eigenvalue weighted by atomic mass is 9.83. The molecule has 1 aliphatic heterocycles. The summed E-state index contributed by atoms with van der Waals surface area (Å²) in [5, 5.41) is 22.9. The SMILES string of the molecule is COc1cc(/C=c2/sc3n(c2=O)[C@H](c2ccc(Br)cc2)C2=C(N=3)c3ccccc3CC2)cc(Br)c1Oc1ccc([N+](=O)[O-])cc1[N+](=O)[O-]. The maximum absolute atomic E-state index is 14.2. The van der Waals surface area contributed by atoms with Crippen molar-refractivity contribution < 1.29 is 19.3 Å². The summed E-state index contributed by atoms with van der Waals surface area (Å²) in [6.07, 6.45) is 3.37. The molecule has 0 bridgehead atoms. The number of allylic oxidation sites excluding steroid dienone is 1. The molecular weight excluding hydrogens is 768 g/mol.